The fourth-order valence-electron chi connectivity index (χ4n) is 1.02. The van der Waals surface area contributed by atoms with E-state index in [4.69, 9.17) is 4.74 Å². The second-order valence-electron chi connectivity index (χ2n) is 3.25. The highest BCUT2D eigenvalue weighted by Crippen LogP contribution is 2.13. The summed E-state index contributed by atoms with van der Waals surface area (Å²) in [6.45, 7) is 7.25. The first-order valence-corrected chi connectivity index (χ1v) is 4.85. The van der Waals surface area contributed by atoms with Gasteiger partial charge in [-0.25, -0.2) is 4.79 Å². The largest absolute Gasteiger partial charge is 0.463 e. The van der Waals surface area contributed by atoms with Crippen LogP contribution in [0.1, 0.15) is 34.1 Å². The third-order valence-electron chi connectivity index (χ3n) is 2.11. The second-order valence-corrected chi connectivity index (χ2v) is 3.25. The van der Waals surface area contributed by atoms with Gasteiger partial charge in [0.1, 0.15) is 5.78 Å². The predicted molar refractivity (Wildman–Crippen MR) is 54.9 cm³/mol. The number of hydrogen-bond donors (Lipinski definition) is 0. The Hall–Kier alpha value is -1.12. The van der Waals surface area contributed by atoms with E-state index in [1.807, 2.05) is 6.92 Å². The van der Waals surface area contributed by atoms with Crippen LogP contribution in [-0.2, 0) is 14.3 Å². The molecular formula is C11H18O3. The third-order valence-corrected chi connectivity index (χ3v) is 2.11. The Morgan fingerprint density at radius 3 is 2.36 bits per heavy atom. The van der Waals surface area contributed by atoms with Crippen LogP contribution in [0.15, 0.2) is 11.6 Å². The summed E-state index contributed by atoms with van der Waals surface area (Å²) < 4.78 is 4.86. The number of rotatable bonds is 5. The second kappa shape index (κ2) is 6.35. The molecule has 0 rings (SSSR count). The zero-order chi connectivity index (χ0) is 11.1. The highest BCUT2D eigenvalue weighted by atomic mass is 16.5. The van der Waals surface area contributed by atoms with E-state index in [1.165, 1.54) is 6.92 Å². The maximum absolute atomic E-state index is 11.3. The van der Waals surface area contributed by atoms with Gasteiger partial charge in [-0.3, -0.25) is 4.79 Å². The minimum Gasteiger partial charge on any atom is -0.463 e. The van der Waals surface area contributed by atoms with E-state index in [0.717, 1.165) is 0 Å². The number of esters is 1. The minimum absolute atomic E-state index is 0.0913. The maximum atomic E-state index is 11.3. The fraction of sp³-hybridized carbons (Fsp3) is 0.636. The molecule has 0 heterocycles. The van der Waals surface area contributed by atoms with Crippen molar-refractivity contribution in [3.63, 3.8) is 0 Å². The molecule has 0 amide bonds. The monoisotopic (exact) mass is 198 g/mol. The lowest BCUT2D eigenvalue weighted by Crippen LogP contribution is -2.14. The summed E-state index contributed by atoms with van der Waals surface area (Å²) in [6, 6.07) is 0. The van der Waals surface area contributed by atoms with E-state index < -0.39 is 0 Å². The molecule has 0 N–H and O–H groups in total. The van der Waals surface area contributed by atoms with Crippen LogP contribution >= 0.6 is 0 Å². The number of ether oxygens (including phenoxy) is 1. The average molecular weight is 198 g/mol. The van der Waals surface area contributed by atoms with Crippen molar-refractivity contribution in [1.82, 2.24) is 0 Å². The smallest absolute Gasteiger partial charge is 0.333 e. The average Bonchev–Trinajstić information content (AvgIpc) is 2.13. The van der Waals surface area contributed by atoms with Gasteiger partial charge < -0.3 is 4.74 Å². The summed E-state index contributed by atoms with van der Waals surface area (Å²) in [4.78, 5) is 22.3. The van der Waals surface area contributed by atoms with Crippen molar-refractivity contribution in [2.24, 2.45) is 5.92 Å². The Balaban J connectivity index is 4.31. The van der Waals surface area contributed by atoms with Crippen LogP contribution in [0.3, 0.4) is 0 Å². The normalized spacial score (nSPS) is 13.6. The van der Waals surface area contributed by atoms with E-state index in [9.17, 15) is 9.59 Å². The van der Waals surface area contributed by atoms with Gasteiger partial charge in [0, 0.05) is 11.5 Å². The minimum atomic E-state index is -0.317. The van der Waals surface area contributed by atoms with Gasteiger partial charge >= 0.3 is 5.97 Å². The van der Waals surface area contributed by atoms with Crippen molar-refractivity contribution in [2.45, 2.75) is 34.1 Å². The van der Waals surface area contributed by atoms with Crippen molar-refractivity contribution in [1.29, 1.82) is 0 Å². The number of carbonyl (C=O) groups is 2. The van der Waals surface area contributed by atoms with Crippen molar-refractivity contribution < 1.29 is 14.3 Å². The molecule has 3 nitrogen and oxygen atoms in total. The number of Topliss-reactive ketones (excluding diaryl/α,β-unsaturated/α-hetero) is 1. The van der Waals surface area contributed by atoms with Crippen LogP contribution in [0.4, 0.5) is 0 Å². The molecule has 0 aromatic carbocycles. The third kappa shape index (κ3) is 4.21. The lowest BCUT2D eigenvalue weighted by atomic mass is 9.98. The van der Waals surface area contributed by atoms with Gasteiger partial charge in [-0.2, -0.15) is 0 Å². The van der Waals surface area contributed by atoms with Crippen molar-refractivity contribution >= 4 is 11.8 Å². The first kappa shape index (κ1) is 12.9. The summed E-state index contributed by atoms with van der Waals surface area (Å²) >= 11 is 0. The number of allylic oxidation sites excluding steroid dienone is 1. The van der Waals surface area contributed by atoms with E-state index in [0.29, 0.717) is 18.6 Å². The molecule has 1 atom stereocenters. The topological polar surface area (TPSA) is 43.4 Å². The van der Waals surface area contributed by atoms with Crippen molar-refractivity contribution in [2.75, 3.05) is 6.61 Å². The molecule has 0 aromatic heterocycles. The Bertz CT molecular complexity index is 241. The summed E-state index contributed by atoms with van der Waals surface area (Å²) in [5.74, 6) is -0.345. The van der Waals surface area contributed by atoms with E-state index in [2.05, 4.69) is 0 Å². The maximum Gasteiger partial charge on any atom is 0.333 e. The standard InChI is InChI=1S/C11H18O3/c1-5-10(11(13)14-6-2)7-8(3)9(4)12/h5,8H,6-7H2,1-4H3/b10-5-. The van der Waals surface area contributed by atoms with Gasteiger partial charge in [-0.15, -0.1) is 0 Å². The van der Waals surface area contributed by atoms with Gasteiger partial charge in [0.25, 0.3) is 0 Å². The quantitative estimate of drug-likeness (QED) is 0.502. The number of ketones is 1. The lowest BCUT2D eigenvalue weighted by molar-refractivity contribution is -0.138. The summed E-state index contributed by atoms with van der Waals surface area (Å²) in [7, 11) is 0. The molecular weight excluding hydrogens is 180 g/mol. The Morgan fingerprint density at radius 2 is 2.00 bits per heavy atom. The molecule has 0 aromatic rings. The molecule has 0 saturated heterocycles. The van der Waals surface area contributed by atoms with Gasteiger partial charge in [-0.1, -0.05) is 13.0 Å². The molecule has 0 spiro atoms. The highest BCUT2D eigenvalue weighted by Gasteiger charge is 2.15. The first-order chi connectivity index (χ1) is 6.52. The van der Waals surface area contributed by atoms with Crippen molar-refractivity contribution in [3.8, 4) is 0 Å². The predicted octanol–water partition coefficient (Wildman–Crippen LogP) is 2.11. The van der Waals surface area contributed by atoms with E-state index in [-0.39, 0.29) is 17.7 Å². The van der Waals surface area contributed by atoms with Crippen LogP contribution in [0.2, 0.25) is 0 Å². The Kier molecular flexibility index (Phi) is 5.84. The highest BCUT2D eigenvalue weighted by molar-refractivity contribution is 5.89. The van der Waals surface area contributed by atoms with Gasteiger partial charge in [0.05, 0.1) is 6.61 Å². The molecule has 0 bridgehead atoms. The molecule has 0 fully saturated rings. The van der Waals surface area contributed by atoms with Crippen LogP contribution in [-0.4, -0.2) is 18.4 Å². The van der Waals surface area contributed by atoms with Crippen LogP contribution < -0.4 is 0 Å². The SMILES string of the molecule is C/C=C(/CC(C)C(C)=O)C(=O)OCC. The Labute approximate surface area is 85.1 Å². The zero-order valence-electron chi connectivity index (χ0n) is 9.29. The summed E-state index contributed by atoms with van der Waals surface area (Å²) in [6.07, 6.45) is 2.17. The molecule has 0 aliphatic rings. The molecule has 0 radical (unpaired) electrons. The molecule has 3 heteroatoms. The van der Waals surface area contributed by atoms with Gasteiger partial charge in [0.2, 0.25) is 0 Å². The molecule has 0 aliphatic heterocycles. The Morgan fingerprint density at radius 1 is 1.43 bits per heavy atom. The van der Waals surface area contributed by atoms with E-state index in [1.54, 1.807) is 19.9 Å². The van der Waals surface area contributed by atoms with Crippen LogP contribution in [0.5, 0.6) is 0 Å². The number of carbonyl (C=O) groups excluding carboxylic acids is 2. The summed E-state index contributed by atoms with van der Waals surface area (Å²) in [5, 5.41) is 0. The molecule has 0 aliphatic carbocycles. The first-order valence-electron chi connectivity index (χ1n) is 4.85. The van der Waals surface area contributed by atoms with Crippen LogP contribution in [0.25, 0.3) is 0 Å². The van der Waals surface area contributed by atoms with Crippen molar-refractivity contribution in [3.05, 3.63) is 11.6 Å². The lowest BCUT2D eigenvalue weighted by Gasteiger charge is -2.10. The summed E-state index contributed by atoms with van der Waals surface area (Å²) in [5.41, 5.74) is 0.578. The molecule has 80 valence electrons. The fourth-order valence-corrected chi connectivity index (χ4v) is 1.02. The number of hydrogen-bond acceptors (Lipinski definition) is 3. The molecule has 0 saturated carbocycles. The molecule has 14 heavy (non-hydrogen) atoms. The van der Waals surface area contributed by atoms with Gasteiger partial charge in [0.15, 0.2) is 0 Å². The molecule has 1 unspecified atom stereocenters. The van der Waals surface area contributed by atoms with E-state index >= 15 is 0 Å². The zero-order valence-corrected chi connectivity index (χ0v) is 9.29. The van der Waals surface area contributed by atoms with Gasteiger partial charge in [-0.05, 0) is 27.2 Å². The van der Waals surface area contributed by atoms with Crippen LogP contribution in [0, 0.1) is 5.92 Å².